The van der Waals surface area contributed by atoms with Gasteiger partial charge < -0.3 is 25.4 Å². The van der Waals surface area contributed by atoms with Crippen LogP contribution in [0.3, 0.4) is 0 Å². The Morgan fingerprint density at radius 2 is 1.96 bits per heavy atom. The number of rotatable bonds is 10. The number of hydrogen-bond acceptors (Lipinski definition) is 5. The zero-order chi connectivity index (χ0) is 17.9. The number of likely N-dealkylation sites (N-methyl/N-ethyl adjacent to an activating group) is 1. The molecule has 3 N–H and O–H groups in total. The Bertz CT molecular complexity index is 545. The van der Waals surface area contributed by atoms with Crippen LogP contribution in [0.25, 0.3) is 0 Å². The van der Waals surface area contributed by atoms with Crippen molar-refractivity contribution in [1.29, 1.82) is 0 Å². The summed E-state index contributed by atoms with van der Waals surface area (Å²) in [6, 6.07) is 4.84. The van der Waals surface area contributed by atoms with Crippen LogP contribution in [0.1, 0.15) is 30.6 Å². The minimum Gasteiger partial charge on any atom is -0.496 e. The SMILES string of the molecule is CCN(CC)CCNC(=O)c1ccc(NC(=O)CCO)cc1OC. The quantitative estimate of drug-likeness (QED) is 0.594. The molecular weight excluding hydrogens is 310 g/mol. The van der Waals surface area contributed by atoms with Gasteiger partial charge in [-0.15, -0.1) is 0 Å². The maximum Gasteiger partial charge on any atom is 0.255 e. The highest BCUT2D eigenvalue weighted by Gasteiger charge is 2.13. The largest absolute Gasteiger partial charge is 0.496 e. The Labute approximate surface area is 143 Å². The van der Waals surface area contributed by atoms with Gasteiger partial charge in [0.15, 0.2) is 0 Å². The van der Waals surface area contributed by atoms with Crippen molar-refractivity contribution in [1.82, 2.24) is 10.2 Å². The normalized spacial score (nSPS) is 10.5. The van der Waals surface area contributed by atoms with Gasteiger partial charge in [-0.05, 0) is 25.2 Å². The van der Waals surface area contributed by atoms with Crippen molar-refractivity contribution in [3.8, 4) is 5.75 Å². The molecule has 0 fully saturated rings. The van der Waals surface area contributed by atoms with Crippen molar-refractivity contribution in [2.45, 2.75) is 20.3 Å². The van der Waals surface area contributed by atoms with E-state index < -0.39 is 0 Å². The maximum absolute atomic E-state index is 12.3. The summed E-state index contributed by atoms with van der Waals surface area (Å²) in [6.45, 7) is 7.18. The van der Waals surface area contributed by atoms with Crippen molar-refractivity contribution >= 4 is 17.5 Å². The standard InChI is InChI=1S/C17H27N3O4/c1-4-20(5-2)10-9-18-17(23)14-7-6-13(12-15(14)24-3)19-16(22)8-11-21/h6-7,12,21H,4-5,8-11H2,1-3H3,(H,18,23)(H,19,22). The predicted octanol–water partition coefficient (Wildman–Crippen LogP) is 1.09. The van der Waals surface area contributed by atoms with Crippen LogP contribution in [0.4, 0.5) is 5.69 Å². The van der Waals surface area contributed by atoms with Crippen molar-refractivity contribution in [2.24, 2.45) is 0 Å². The monoisotopic (exact) mass is 337 g/mol. The average molecular weight is 337 g/mol. The number of aliphatic hydroxyl groups is 1. The zero-order valence-electron chi connectivity index (χ0n) is 14.6. The lowest BCUT2D eigenvalue weighted by atomic mass is 10.1. The molecule has 0 aliphatic heterocycles. The molecule has 7 nitrogen and oxygen atoms in total. The smallest absolute Gasteiger partial charge is 0.255 e. The van der Waals surface area contributed by atoms with Crippen LogP contribution in [0.5, 0.6) is 5.75 Å². The lowest BCUT2D eigenvalue weighted by Gasteiger charge is -2.18. The second kappa shape index (κ2) is 10.6. The van der Waals surface area contributed by atoms with E-state index in [-0.39, 0.29) is 24.8 Å². The molecule has 0 spiro atoms. The number of aliphatic hydroxyl groups excluding tert-OH is 1. The first-order valence-electron chi connectivity index (χ1n) is 8.14. The maximum atomic E-state index is 12.3. The number of anilines is 1. The van der Waals surface area contributed by atoms with Crippen LogP contribution in [0.2, 0.25) is 0 Å². The average Bonchev–Trinajstić information content (AvgIpc) is 2.58. The van der Waals surface area contributed by atoms with Gasteiger partial charge in [0.2, 0.25) is 5.91 Å². The predicted molar refractivity (Wildman–Crippen MR) is 93.4 cm³/mol. The summed E-state index contributed by atoms with van der Waals surface area (Å²) >= 11 is 0. The van der Waals surface area contributed by atoms with Crippen LogP contribution in [-0.4, -0.2) is 61.7 Å². The van der Waals surface area contributed by atoms with Gasteiger partial charge in [0.1, 0.15) is 5.75 Å². The molecule has 0 bridgehead atoms. The summed E-state index contributed by atoms with van der Waals surface area (Å²) in [6.07, 6.45) is 0.0237. The number of ether oxygens (including phenoxy) is 1. The van der Waals surface area contributed by atoms with E-state index in [4.69, 9.17) is 9.84 Å². The molecule has 0 saturated carbocycles. The zero-order valence-corrected chi connectivity index (χ0v) is 14.6. The minimum absolute atomic E-state index is 0.0237. The molecule has 2 amide bonds. The third-order valence-corrected chi connectivity index (χ3v) is 3.68. The van der Waals surface area contributed by atoms with E-state index in [1.54, 1.807) is 18.2 Å². The van der Waals surface area contributed by atoms with E-state index in [0.717, 1.165) is 19.6 Å². The van der Waals surface area contributed by atoms with Gasteiger partial charge in [-0.1, -0.05) is 13.8 Å². The van der Waals surface area contributed by atoms with E-state index in [0.29, 0.717) is 23.5 Å². The fourth-order valence-electron chi connectivity index (χ4n) is 2.24. The molecule has 0 aromatic heterocycles. The van der Waals surface area contributed by atoms with Crippen LogP contribution in [0.15, 0.2) is 18.2 Å². The molecular formula is C17H27N3O4. The molecule has 24 heavy (non-hydrogen) atoms. The van der Waals surface area contributed by atoms with Gasteiger partial charge >= 0.3 is 0 Å². The molecule has 0 aliphatic rings. The summed E-state index contributed by atoms with van der Waals surface area (Å²) in [5.74, 6) is -0.125. The third kappa shape index (κ3) is 6.17. The van der Waals surface area contributed by atoms with Gasteiger partial charge in [0.05, 0.1) is 25.7 Å². The highest BCUT2D eigenvalue weighted by atomic mass is 16.5. The van der Waals surface area contributed by atoms with Crippen molar-refractivity contribution in [2.75, 3.05) is 45.2 Å². The molecule has 0 unspecified atom stereocenters. The number of carbonyl (C=O) groups is 2. The summed E-state index contributed by atoms with van der Waals surface area (Å²) in [5, 5.41) is 14.3. The minimum atomic E-state index is -0.295. The second-order valence-electron chi connectivity index (χ2n) is 5.22. The first-order valence-corrected chi connectivity index (χ1v) is 8.14. The van der Waals surface area contributed by atoms with Crippen LogP contribution < -0.4 is 15.4 Å². The number of benzene rings is 1. The highest BCUT2D eigenvalue weighted by molar-refractivity contribution is 5.98. The van der Waals surface area contributed by atoms with Gasteiger partial charge in [-0.2, -0.15) is 0 Å². The molecule has 0 heterocycles. The summed E-state index contributed by atoms with van der Waals surface area (Å²) in [7, 11) is 1.47. The lowest BCUT2D eigenvalue weighted by molar-refractivity contribution is -0.116. The molecule has 134 valence electrons. The van der Waals surface area contributed by atoms with Gasteiger partial charge in [0, 0.05) is 24.8 Å². The molecule has 0 radical (unpaired) electrons. The molecule has 0 atom stereocenters. The van der Waals surface area contributed by atoms with E-state index >= 15 is 0 Å². The second-order valence-corrected chi connectivity index (χ2v) is 5.22. The van der Waals surface area contributed by atoms with E-state index in [1.807, 2.05) is 0 Å². The molecule has 0 saturated heterocycles. The number of amides is 2. The summed E-state index contributed by atoms with van der Waals surface area (Å²) in [4.78, 5) is 26.0. The molecule has 1 rings (SSSR count). The number of nitrogens with one attached hydrogen (secondary N) is 2. The van der Waals surface area contributed by atoms with E-state index in [2.05, 4.69) is 29.4 Å². The van der Waals surface area contributed by atoms with Crippen LogP contribution in [-0.2, 0) is 4.79 Å². The summed E-state index contributed by atoms with van der Waals surface area (Å²) < 4.78 is 5.25. The molecule has 1 aromatic rings. The fraction of sp³-hybridized carbons (Fsp3) is 0.529. The Kier molecular flexibility index (Phi) is 8.81. The summed E-state index contributed by atoms with van der Waals surface area (Å²) in [5.41, 5.74) is 0.933. The molecule has 1 aromatic carbocycles. The number of hydrogen-bond donors (Lipinski definition) is 3. The van der Waals surface area contributed by atoms with E-state index in [1.165, 1.54) is 7.11 Å². The molecule has 0 aliphatic carbocycles. The number of methoxy groups -OCH3 is 1. The first kappa shape index (κ1) is 19.9. The van der Waals surface area contributed by atoms with Crippen molar-refractivity contribution in [3.63, 3.8) is 0 Å². The van der Waals surface area contributed by atoms with Crippen molar-refractivity contribution < 1.29 is 19.4 Å². The topological polar surface area (TPSA) is 90.9 Å². The third-order valence-electron chi connectivity index (χ3n) is 3.68. The van der Waals surface area contributed by atoms with Gasteiger partial charge in [-0.25, -0.2) is 0 Å². The number of carbonyl (C=O) groups excluding carboxylic acids is 2. The fourth-order valence-corrected chi connectivity index (χ4v) is 2.24. The number of nitrogens with zero attached hydrogens (tertiary/aromatic N) is 1. The first-order chi connectivity index (χ1) is 11.5. The van der Waals surface area contributed by atoms with Crippen molar-refractivity contribution in [3.05, 3.63) is 23.8 Å². The Balaban J connectivity index is 2.70. The Hall–Kier alpha value is -2.12. The van der Waals surface area contributed by atoms with Crippen LogP contribution >= 0.6 is 0 Å². The Morgan fingerprint density at radius 1 is 1.25 bits per heavy atom. The lowest BCUT2D eigenvalue weighted by Crippen LogP contribution is -2.34. The van der Waals surface area contributed by atoms with Gasteiger partial charge in [-0.3, -0.25) is 9.59 Å². The van der Waals surface area contributed by atoms with E-state index in [9.17, 15) is 9.59 Å². The van der Waals surface area contributed by atoms with Crippen LogP contribution in [0, 0.1) is 0 Å². The Morgan fingerprint density at radius 3 is 2.54 bits per heavy atom. The van der Waals surface area contributed by atoms with Gasteiger partial charge in [0.25, 0.3) is 5.91 Å². The molecule has 7 heteroatoms. The highest BCUT2D eigenvalue weighted by Crippen LogP contribution is 2.23.